The molecule has 0 atom stereocenters. The summed E-state index contributed by atoms with van der Waals surface area (Å²) in [6.45, 7) is 5.48. The Morgan fingerprint density at radius 3 is 2.56 bits per heavy atom. The summed E-state index contributed by atoms with van der Waals surface area (Å²) in [6.07, 6.45) is 3.27. The third-order valence-corrected chi connectivity index (χ3v) is 5.77. The number of benzene rings is 2. The molecule has 2 aromatic heterocycles. The number of aryl methyl sites for hydroxylation is 2. The molecule has 9 heteroatoms. The van der Waals surface area contributed by atoms with Gasteiger partial charge in [-0.3, -0.25) is 4.79 Å². The first-order valence-corrected chi connectivity index (χ1v) is 11.1. The zero-order valence-electron chi connectivity index (χ0n) is 19.0. The van der Waals surface area contributed by atoms with Crippen molar-refractivity contribution < 1.29 is 13.9 Å². The first kappa shape index (κ1) is 21.8. The number of nitrogens with zero attached hydrogens (tertiary/aromatic N) is 5. The predicted molar refractivity (Wildman–Crippen MR) is 126 cm³/mol. The van der Waals surface area contributed by atoms with Crippen LogP contribution in [0.3, 0.4) is 0 Å². The molecule has 0 bridgehead atoms. The Bertz CT molecular complexity index is 1540. The van der Waals surface area contributed by atoms with E-state index < -0.39 is 17.2 Å². The Balaban J connectivity index is 1.72. The van der Waals surface area contributed by atoms with Gasteiger partial charge in [-0.25, -0.2) is 19.2 Å². The summed E-state index contributed by atoms with van der Waals surface area (Å²) in [6, 6.07) is 8.69. The normalized spacial score (nSPS) is 13.8. The number of rotatable bonds is 5. The Hall–Kier alpha value is -4.01. The van der Waals surface area contributed by atoms with E-state index in [2.05, 4.69) is 20.2 Å². The van der Waals surface area contributed by atoms with Crippen LogP contribution in [0.5, 0.6) is 0 Å². The molecule has 1 fully saturated rings. The Kier molecular flexibility index (Phi) is 5.39. The average molecular weight is 459 g/mol. The first-order chi connectivity index (χ1) is 16.4. The van der Waals surface area contributed by atoms with E-state index in [1.807, 2.05) is 35.8 Å². The standard InChI is InChI=1S/C25H22FN5O3/c1-4-34-25(33)18-12-31(16-9-10-16)22-17(23(18)32)11-19(26)20-21(22)27-14(3)24(28-20)30-29-15-7-5-13(2)6-8-15/h5-8,11-12,16H,4,9-10H2,1-3H3. The molecule has 0 spiro atoms. The number of fused-ring (bicyclic) bond motifs is 3. The van der Waals surface area contributed by atoms with Crippen LogP contribution in [0.4, 0.5) is 15.9 Å². The molecule has 0 saturated heterocycles. The number of hydrogen-bond acceptors (Lipinski definition) is 7. The minimum Gasteiger partial charge on any atom is -0.462 e. The van der Waals surface area contributed by atoms with Crippen LogP contribution in [0.25, 0.3) is 21.9 Å². The molecular weight excluding hydrogens is 437 g/mol. The van der Waals surface area contributed by atoms with Crippen molar-refractivity contribution in [1.29, 1.82) is 0 Å². The van der Waals surface area contributed by atoms with Crippen LogP contribution in [0.15, 0.2) is 51.6 Å². The van der Waals surface area contributed by atoms with Gasteiger partial charge in [0, 0.05) is 12.2 Å². The molecule has 2 aromatic carbocycles. The van der Waals surface area contributed by atoms with E-state index in [9.17, 15) is 9.59 Å². The molecule has 0 N–H and O–H groups in total. The lowest BCUT2D eigenvalue weighted by atomic mass is 10.1. The fourth-order valence-corrected chi connectivity index (χ4v) is 3.88. The summed E-state index contributed by atoms with van der Waals surface area (Å²) in [4.78, 5) is 34.5. The molecule has 0 radical (unpaired) electrons. The molecule has 34 heavy (non-hydrogen) atoms. The molecule has 0 unspecified atom stereocenters. The number of esters is 1. The molecule has 5 rings (SSSR count). The van der Waals surface area contributed by atoms with E-state index in [1.165, 1.54) is 6.20 Å². The van der Waals surface area contributed by atoms with Gasteiger partial charge in [-0.05, 0) is 51.8 Å². The highest BCUT2D eigenvalue weighted by Crippen LogP contribution is 2.39. The van der Waals surface area contributed by atoms with Crippen molar-refractivity contribution in [2.75, 3.05) is 6.61 Å². The fourth-order valence-electron chi connectivity index (χ4n) is 3.88. The van der Waals surface area contributed by atoms with Gasteiger partial charge in [-0.15, -0.1) is 10.2 Å². The number of aromatic nitrogens is 3. The zero-order chi connectivity index (χ0) is 24.0. The lowest BCUT2D eigenvalue weighted by molar-refractivity contribution is 0.0524. The largest absolute Gasteiger partial charge is 0.462 e. The quantitative estimate of drug-likeness (QED) is 0.219. The minimum absolute atomic E-state index is 0.00589. The number of pyridine rings is 1. The zero-order valence-corrected chi connectivity index (χ0v) is 19.0. The maximum atomic E-state index is 15.2. The second-order valence-electron chi connectivity index (χ2n) is 8.35. The summed E-state index contributed by atoms with van der Waals surface area (Å²) in [5.74, 6) is -1.25. The van der Waals surface area contributed by atoms with Gasteiger partial charge in [-0.1, -0.05) is 17.7 Å². The molecule has 4 aromatic rings. The van der Waals surface area contributed by atoms with Gasteiger partial charge < -0.3 is 9.30 Å². The van der Waals surface area contributed by atoms with Gasteiger partial charge in [0.1, 0.15) is 16.6 Å². The smallest absolute Gasteiger partial charge is 0.343 e. The maximum Gasteiger partial charge on any atom is 0.343 e. The molecule has 0 aliphatic heterocycles. The van der Waals surface area contributed by atoms with Crippen molar-refractivity contribution in [1.82, 2.24) is 14.5 Å². The van der Waals surface area contributed by atoms with Gasteiger partial charge in [-0.2, -0.15) is 0 Å². The maximum absolute atomic E-state index is 15.2. The van der Waals surface area contributed by atoms with Crippen molar-refractivity contribution in [3.63, 3.8) is 0 Å². The molecule has 2 heterocycles. The van der Waals surface area contributed by atoms with Gasteiger partial charge in [0.25, 0.3) is 0 Å². The highest BCUT2D eigenvalue weighted by Gasteiger charge is 2.29. The lowest BCUT2D eigenvalue weighted by Crippen LogP contribution is -2.21. The minimum atomic E-state index is -0.724. The molecule has 1 aliphatic rings. The monoisotopic (exact) mass is 459 g/mol. The van der Waals surface area contributed by atoms with Crippen molar-refractivity contribution in [2.24, 2.45) is 10.2 Å². The summed E-state index contributed by atoms with van der Waals surface area (Å²) < 4.78 is 22.1. The Morgan fingerprint density at radius 2 is 1.88 bits per heavy atom. The second-order valence-corrected chi connectivity index (χ2v) is 8.35. The van der Waals surface area contributed by atoms with Gasteiger partial charge in [0.15, 0.2) is 11.6 Å². The molecule has 1 saturated carbocycles. The van der Waals surface area contributed by atoms with Crippen LogP contribution in [-0.2, 0) is 4.74 Å². The summed E-state index contributed by atoms with van der Waals surface area (Å²) in [5.41, 5.74) is 2.17. The van der Waals surface area contributed by atoms with Crippen molar-refractivity contribution in [2.45, 2.75) is 39.7 Å². The summed E-state index contributed by atoms with van der Waals surface area (Å²) >= 11 is 0. The van der Waals surface area contributed by atoms with Gasteiger partial charge >= 0.3 is 5.97 Å². The molecule has 8 nitrogen and oxygen atoms in total. The number of ether oxygens (including phenoxy) is 1. The SMILES string of the molecule is CCOC(=O)c1cn(C2CC2)c2c(cc(F)c3nc(N=Nc4ccc(C)cc4)c(C)nc32)c1=O. The van der Waals surface area contributed by atoms with E-state index in [-0.39, 0.29) is 40.4 Å². The van der Waals surface area contributed by atoms with Gasteiger partial charge in [0.05, 0.1) is 28.9 Å². The van der Waals surface area contributed by atoms with Crippen molar-refractivity contribution in [3.05, 3.63) is 69.4 Å². The average Bonchev–Trinajstić information content (AvgIpc) is 3.65. The van der Waals surface area contributed by atoms with Gasteiger partial charge in [0.2, 0.25) is 5.43 Å². The fraction of sp³-hybridized carbons (Fsp3) is 0.280. The van der Waals surface area contributed by atoms with Crippen molar-refractivity contribution >= 4 is 39.4 Å². The number of carbonyl (C=O) groups is 1. The number of carbonyl (C=O) groups excluding carboxylic acids is 1. The van der Waals surface area contributed by atoms with Crippen LogP contribution in [0.2, 0.25) is 0 Å². The number of azo groups is 1. The second kappa shape index (κ2) is 8.40. The van der Waals surface area contributed by atoms with E-state index in [4.69, 9.17) is 4.74 Å². The summed E-state index contributed by atoms with van der Waals surface area (Å²) in [5, 5.41) is 8.44. The van der Waals surface area contributed by atoms with E-state index in [0.29, 0.717) is 16.9 Å². The van der Waals surface area contributed by atoms with E-state index in [1.54, 1.807) is 13.8 Å². The highest BCUT2D eigenvalue weighted by molar-refractivity contribution is 6.04. The number of halogens is 1. The topological polar surface area (TPSA) is 98.8 Å². The first-order valence-electron chi connectivity index (χ1n) is 11.1. The van der Waals surface area contributed by atoms with Crippen LogP contribution >= 0.6 is 0 Å². The molecule has 172 valence electrons. The molecular formula is C25H22FN5O3. The molecule has 1 aliphatic carbocycles. The third-order valence-electron chi connectivity index (χ3n) is 5.77. The summed E-state index contributed by atoms with van der Waals surface area (Å²) in [7, 11) is 0. The number of hydrogen-bond donors (Lipinski definition) is 0. The van der Waals surface area contributed by atoms with Crippen LogP contribution in [0, 0.1) is 19.7 Å². The van der Waals surface area contributed by atoms with Crippen molar-refractivity contribution in [3.8, 4) is 0 Å². The van der Waals surface area contributed by atoms with E-state index >= 15 is 4.39 Å². The van der Waals surface area contributed by atoms with Crippen LogP contribution in [-0.4, -0.2) is 27.1 Å². The van der Waals surface area contributed by atoms with Crippen LogP contribution < -0.4 is 5.43 Å². The Morgan fingerprint density at radius 1 is 1.15 bits per heavy atom. The Labute approximate surface area is 194 Å². The molecule has 0 amide bonds. The third kappa shape index (κ3) is 3.83. The lowest BCUT2D eigenvalue weighted by Gasteiger charge is -2.15. The van der Waals surface area contributed by atoms with Crippen LogP contribution in [0.1, 0.15) is 47.4 Å². The predicted octanol–water partition coefficient (Wildman–Crippen LogP) is 5.63. The van der Waals surface area contributed by atoms with E-state index in [0.717, 1.165) is 24.5 Å². The highest BCUT2D eigenvalue weighted by atomic mass is 19.1.